The zero-order chi connectivity index (χ0) is 26.4. The van der Waals surface area contributed by atoms with Gasteiger partial charge >= 0.3 is 0 Å². The quantitative estimate of drug-likeness (QED) is 0.291. The lowest BCUT2D eigenvalue weighted by Gasteiger charge is -2.64. The lowest BCUT2D eigenvalue weighted by molar-refractivity contribution is -0.238. The molecule has 210 valence electrons. The third-order valence-electron chi connectivity index (χ3n) is 12.3. The van der Waals surface area contributed by atoms with Crippen LogP contribution >= 0.6 is 0 Å². The second kappa shape index (κ2) is 10.6. The molecule has 0 aromatic carbocycles. The molecule has 0 spiro atoms. The molecular formula is C32H55N3O2. The lowest BCUT2D eigenvalue weighted by atomic mass is 9.43. The van der Waals surface area contributed by atoms with Crippen LogP contribution in [0, 0.1) is 52.3 Å². The molecule has 1 heterocycles. The average molecular weight is 514 g/mol. The number of aromatic nitrogens is 2. The Balaban J connectivity index is 1.34. The van der Waals surface area contributed by atoms with Gasteiger partial charge in [0.25, 0.3) is 0 Å². The first-order valence-electron chi connectivity index (χ1n) is 15.7. The Morgan fingerprint density at radius 3 is 2.51 bits per heavy atom. The van der Waals surface area contributed by atoms with Crippen molar-refractivity contribution < 1.29 is 10.2 Å². The molecule has 37 heavy (non-hydrogen) atoms. The van der Waals surface area contributed by atoms with Gasteiger partial charge in [0.15, 0.2) is 5.79 Å². The topological polar surface area (TPSA) is 81.2 Å². The van der Waals surface area contributed by atoms with Crippen LogP contribution in [0.3, 0.4) is 0 Å². The molecule has 1 aromatic heterocycles. The highest BCUT2D eigenvalue weighted by atomic mass is 16.5. The van der Waals surface area contributed by atoms with Gasteiger partial charge in [0.2, 0.25) is 0 Å². The molecule has 4 saturated carbocycles. The van der Waals surface area contributed by atoms with Crippen LogP contribution in [0.4, 0.5) is 0 Å². The van der Waals surface area contributed by atoms with E-state index in [1.807, 2.05) is 6.20 Å². The number of imidazole rings is 1. The Hall–Kier alpha value is -0.910. The second-order valence-corrected chi connectivity index (χ2v) is 14.8. The van der Waals surface area contributed by atoms with Crippen LogP contribution in [0.1, 0.15) is 111 Å². The molecule has 9 atom stereocenters. The fourth-order valence-corrected chi connectivity index (χ4v) is 10.4. The number of nitrogens with zero attached hydrogens (tertiary/aromatic N) is 1. The van der Waals surface area contributed by atoms with Crippen LogP contribution in [0.15, 0.2) is 12.5 Å². The van der Waals surface area contributed by atoms with Crippen molar-refractivity contribution >= 4 is 0 Å². The van der Waals surface area contributed by atoms with Crippen molar-refractivity contribution in [1.29, 1.82) is 0 Å². The zero-order valence-corrected chi connectivity index (χ0v) is 24.3. The van der Waals surface area contributed by atoms with Crippen LogP contribution < -0.4 is 5.32 Å². The minimum Gasteiger partial charge on any atom is -0.366 e. The molecule has 0 aliphatic heterocycles. The summed E-state index contributed by atoms with van der Waals surface area (Å²) in [6, 6.07) is 0.359. The number of hydrogen-bond acceptors (Lipinski definition) is 4. The van der Waals surface area contributed by atoms with Gasteiger partial charge in [0.05, 0.1) is 6.33 Å². The minimum absolute atomic E-state index is 0.200. The van der Waals surface area contributed by atoms with E-state index in [-0.39, 0.29) is 5.41 Å². The summed E-state index contributed by atoms with van der Waals surface area (Å²) in [6.07, 6.45) is 17.5. The van der Waals surface area contributed by atoms with Gasteiger partial charge in [-0.05, 0) is 90.8 Å². The first kappa shape index (κ1) is 27.6. The number of rotatable bonds is 9. The molecule has 4 N–H and O–H groups in total. The first-order valence-corrected chi connectivity index (χ1v) is 15.7. The maximum Gasteiger partial charge on any atom is 0.162 e. The average Bonchev–Trinajstić information content (AvgIpc) is 3.47. The van der Waals surface area contributed by atoms with E-state index in [0.29, 0.717) is 30.2 Å². The van der Waals surface area contributed by atoms with Crippen LogP contribution in [0.5, 0.6) is 0 Å². The fourth-order valence-electron chi connectivity index (χ4n) is 10.4. The summed E-state index contributed by atoms with van der Waals surface area (Å²) in [7, 11) is 0. The Bertz CT molecular complexity index is 885. The summed E-state index contributed by atoms with van der Waals surface area (Å²) in [6.45, 7) is 13.4. The molecule has 0 saturated heterocycles. The number of aromatic amines is 1. The van der Waals surface area contributed by atoms with Crippen molar-refractivity contribution in [2.45, 2.75) is 123 Å². The van der Waals surface area contributed by atoms with Crippen molar-refractivity contribution in [2.24, 2.45) is 52.3 Å². The Labute approximate surface area is 226 Å². The van der Waals surface area contributed by atoms with Crippen molar-refractivity contribution in [2.75, 3.05) is 6.54 Å². The standard InChI is InChI=1S/C32H55N3O2/c1-21(2)7-6-8-22(3)25-9-10-26-24-17-29(34-16-12-23-19-33-20-35-23)28-18-32(36,37)15-14-31(28,5)27(24)11-13-30(25,26)4/h19-22,24-29,34,36-37H,6-18H2,1-5H3,(H,33,35)/t22-,24+,25-,26+,27+,28?,29-,30-,31-/m1/s1. The van der Waals surface area contributed by atoms with E-state index in [0.717, 1.165) is 54.9 Å². The van der Waals surface area contributed by atoms with Gasteiger partial charge in [-0.25, -0.2) is 4.98 Å². The van der Waals surface area contributed by atoms with E-state index >= 15 is 0 Å². The van der Waals surface area contributed by atoms with E-state index in [2.05, 4.69) is 49.9 Å². The van der Waals surface area contributed by atoms with E-state index in [1.54, 1.807) is 6.33 Å². The van der Waals surface area contributed by atoms with E-state index in [1.165, 1.54) is 57.1 Å². The van der Waals surface area contributed by atoms with Crippen LogP contribution in [0.25, 0.3) is 0 Å². The monoisotopic (exact) mass is 513 g/mol. The Morgan fingerprint density at radius 2 is 1.78 bits per heavy atom. The summed E-state index contributed by atoms with van der Waals surface area (Å²) in [5, 5.41) is 25.4. The van der Waals surface area contributed by atoms with Gasteiger partial charge in [-0.3, -0.25) is 0 Å². The second-order valence-electron chi connectivity index (χ2n) is 14.8. The molecule has 5 nitrogen and oxygen atoms in total. The van der Waals surface area contributed by atoms with E-state index < -0.39 is 5.79 Å². The van der Waals surface area contributed by atoms with Crippen LogP contribution in [-0.4, -0.2) is 38.6 Å². The SMILES string of the molecule is CC(C)CCC[C@@H](C)[C@H]1CC[C@H]2[C@@H]3C[C@@H](NCCc4cnc[nH]4)C4CC(O)(O)CC[C@]4(C)[C@H]3CC[C@]12C. The van der Waals surface area contributed by atoms with Crippen LogP contribution in [0.2, 0.25) is 0 Å². The summed E-state index contributed by atoms with van der Waals surface area (Å²) < 4.78 is 0. The summed E-state index contributed by atoms with van der Waals surface area (Å²) in [4.78, 5) is 7.42. The molecule has 4 aliphatic carbocycles. The largest absolute Gasteiger partial charge is 0.366 e. The van der Waals surface area contributed by atoms with Crippen molar-refractivity contribution in [1.82, 2.24) is 15.3 Å². The molecule has 1 aromatic rings. The summed E-state index contributed by atoms with van der Waals surface area (Å²) >= 11 is 0. The lowest BCUT2D eigenvalue weighted by Crippen LogP contribution is -2.62. The zero-order valence-electron chi connectivity index (χ0n) is 24.3. The number of nitrogens with one attached hydrogen (secondary N) is 2. The minimum atomic E-state index is -1.51. The molecule has 0 radical (unpaired) electrons. The highest BCUT2D eigenvalue weighted by Gasteiger charge is 2.63. The number of H-pyrrole nitrogens is 1. The van der Waals surface area contributed by atoms with Crippen molar-refractivity contribution in [3.63, 3.8) is 0 Å². The third kappa shape index (κ3) is 5.31. The highest BCUT2D eigenvalue weighted by molar-refractivity contribution is 5.13. The smallest absolute Gasteiger partial charge is 0.162 e. The molecular weight excluding hydrogens is 458 g/mol. The normalized spacial score (nSPS) is 41.7. The summed E-state index contributed by atoms with van der Waals surface area (Å²) in [5.74, 6) is 3.67. The maximum absolute atomic E-state index is 10.7. The van der Waals surface area contributed by atoms with Crippen molar-refractivity contribution in [3.05, 3.63) is 18.2 Å². The van der Waals surface area contributed by atoms with Gasteiger partial charge in [0.1, 0.15) is 0 Å². The van der Waals surface area contributed by atoms with Crippen molar-refractivity contribution in [3.8, 4) is 0 Å². The summed E-state index contributed by atoms with van der Waals surface area (Å²) in [5.41, 5.74) is 1.85. The number of fused-ring (bicyclic) bond motifs is 5. The predicted octanol–water partition coefficient (Wildman–Crippen LogP) is 6.32. The number of aliphatic hydroxyl groups is 2. The molecule has 4 fully saturated rings. The van der Waals surface area contributed by atoms with Crippen LogP contribution in [-0.2, 0) is 6.42 Å². The van der Waals surface area contributed by atoms with Gasteiger partial charge in [-0.2, -0.15) is 0 Å². The third-order valence-corrected chi connectivity index (χ3v) is 12.3. The molecule has 1 unspecified atom stereocenters. The van der Waals surface area contributed by atoms with Gasteiger partial charge in [-0.1, -0.05) is 53.9 Å². The van der Waals surface area contributed by atoms with E-state index in [9.17, 15) is 10.2 Å². The van der Waals surface area contributed by atoms with Gasteiger partial charge in [0, 0.05) is 43.7 Å². The van der Waals surface area contributed by atoms with Gasteiger partial charge in [-0.15, -0.1) is 0 Å². The molecule has 0 amide bonds. The Kier molecular flexibility index (Phi) is 7.90. The molecule has 4 aliphatic rings. The molecule has 5 rings (SSSR count). The fraction of sp³-hybridized carbons (Fsp3) is 0.906. The number of hydrogen-bond donors (Lipinski definition) is 4. The first-order chi connectivity index (χ1) is 17.5. The highest BCUT2D eigenvalue weighted by Crippen LogP contribution is 2.68. The predicted molar refractivity (Wildman–Crippen MR) is 150 cm³/mol. The molecule has 5 heteroatoms. The molecule has 0 bridgehead atoms. The van der Waals surface area contributed by atoms with Gasteiger partial charge < -0.3 is 20.5 Å². The maximum atomic E-state index is 10.7. The Morgan fingerprint density at radius 1 is 1.00 bits per heavy atom. The van der Waals surface area contributed by atoms with E-state index in [4.69, 9.17) is 0 Å².